The van der Waals surface area contributed by atoms with Gasteiger partial charge in [-0.25, -0.2) is 4.98 Å². The van der Waals surface area contributed by atoms with Crippen molar-refractivity contribution in [2.75, 3.05) is 0 Å². The van der Waals surface area contributed by atoms with Gasteiger partial charge in [0, 0.05) is 17.8 Å². The average Bonchev–Trinajstić information content (AvgIpc) is 2.70. The van der Waals surface area contributed by atoms with E-state index in [0.717, 1.165) is 17.9 Å². The van der Waals surface area contributed by atoms with Gasteiger partial charge in [-0.2, -0.15) is 0 Å². The minimum atomic E-state index is -0.714. The Morgan fingerprint density at radius 3 is 3.00 bits per heavy atom. The Kier molecular flexibility index (Phi) is 1.43. The van der Waals surface area contributed by atoms with E-state index in [0.29, 0.717) is 0 Å². The summed E-state index contributed by atoms with van der Waals surface area (Å²) in [7, 11) is 0. The molecule has 12 heavy (non-hydrogen) atoms. The maximum absolute atomic E-state index is 10.5. The smallest absolute Gasteiger partial charge is 0.307 e. The molecule has 1 aliphatic carbocycles. The number of H-pyrrole nitrogens is 1. The van der Waals surface area contributed by atoms with Crippen molar-refractivity contribution in [3.05, 3.63) is 17.7 Å². The van der Waals surface area contributed by atoms with E-state index in [1.165, 1.54) is 0 Å². The SMILES string of the molecule is Cc1cnc(C2CC2C(=O)O)[nH]1. The molecule has 1 heterocycles. The van der Waals surface area contributed by atoms with E-state index >= 15 is 0 Å². The first kappa shape index (κ1) is 7.34. The highest BCUT2D eigenvalue weighted by Crippen LogP contribution is 2.46. The van der Waals surface area contributed by atoms with E-state index in [-0.39, 0.29) is 11.8 Å². The second-order valence-electron chi connectivity index (χ2n) is 3.24. The van der Waals surface area contributed by atoms with Crippen molar-refractivity contribution in [1.82, 2.24) is 9.97 Å². The number of hydrogen-bond donors (Lipinski definition) is 2. The lowest BCUT2D eigenvalue weighted by molar-refractivity contribution is -0.138. The van der Waals surface area contributed by atoms with Gasteiger partial charge in [0.15, 0.2) is 0 Å². The third-order valence-electron chi connectivity index (χ3n) is 2.18. The molecule has 1 aromatic heterocycles. The number of nitrogens with one attached hydrogen (secondary N) is 1. The molecule has 0 radical (unpaired) electrons. The van der Waals surface area contributed by atoms with E-state index < -0.39 is 5.97 Å². The molecule has 0 aliphatic heterocycles. The Morgan fingerprint density at radius 1 is 1.83 bits per heavy atom. The van der Waals surface area contributed by atoms with Gasteiger partial charge in [-0.05, 0) is 13.3 Å². The summed E-state index contributed by atoms with van der Waals surface area (Å²) in [5.74, 6) is 0.0145. The molecule has 0 spiro atoms. The highest BCUT2D eigenvalue weighted by molar-refractivity contribution is 5.74. The van der Waals surface area contributed by atoms with Crippen LogP contribution in [0.25, 0.3) is 0 Å². The first-order valence-corrected chi connectivity index (χ1v) is 3.93. The lowest BCUT2D eigenvalue weighted by Crippen LogP contribution is -1.99. The predicted molar refractivity (Wildman–Crippen MR) is 41.8 cm³/mol. The van der Waals surface area contributed by atoms with Crippen LogP contribution >= 0.6 is 0 Å². The molecule has 4 nitrogen and oxygen atoms in total. The monoisotopic (exact) mass is 166 g/mol. The average molecular weight is 166 g/mol. The number of aryl methyl sites for hydroxylation is 1. The number of carboxylic acids is 1. The molecule has 2 rings (SSSR count). The zero-order chi connectivity index (χ0) is 8.72. The number of nitrogens with zero attached hydrogens (tertiary/aromatic N) is 1. The molecular weight excluding hydrogens is 156 g/mol. The fraction of sp³-hybridized carbons (Fsp3) is 0.500. The number of aromatic amines is 1. The van der Waals surface area contributed by atoms with Crippen LogP contribution in [0.4, 0.5) is 0 Å². The van der Waals surface area contributed by atoms with Crippen LogP contribution in [0.3, 0.4) is 0 Å². The second-order valence-corrected chi connectivity index (χ2v) is 3.24. The highest BCUT2D eigenvalue weighted by atomic mass is 16.4. The standard InChI is InChI=1S/C8H10N2O2/c1-4-3-9-7(10-4)5-2-6(5)8(11)12/h3,5-6H,2H2,1H3,(H,9,10)(H,11,12). The number of carboxylic acid groups (broad SMARTS) is 1. The predicted octanol–water partition coefficient (Wildman–Crippen LogP) is 0.906. The van der Waals surface area contributed by atoms with Crippen LogP contribution in [0.1, 0.15) is 23.9 Å². The van der Waals surface area contributed by atoms with Crippen LogP contribution in [0, 0.1) is 12.8 Å². The largest absolute Gasteiger partial charge is 0.481 e. The Labute approximate surface area is 69.6 Å². The second kappa shape index (κ2) is 2.33. The maximum atomic E-state index is 10.5. The van der Waals surface area contributed by atoms with E-state index in [1.54, 1.807) is 6.20 Å². The zero-order valence-electron chi connectivity index (χ0n) is 6.74. The highest BCUT2D eigenvalue weighted by Gasteiger charge is 2.45. The normalized spacial score (nSPS) is 27.1. The summed E-state index contributed by atoms with van der Waals surface area (Å²) in [5.41, 5.74) is 0.987. The molecule has 1 saturated carbocycles. The van der Waals surface area contributed by atoms with Crippen LogP contribution in [0.2, 0.25) is 0 Å². The van der Waals surface area contributed by atoms with Gasteiger partial charge in [-0.15, -0.1) is 0 Å². The molecule has 1 fully saturated rings. The van der Waals surface area contributed by atoms with Crippen molar-refractivity contribution in [2.24, 2.45) is 5.92 Å². The quantitative estimate of drug-likeness (QED) is 0.686. The molecule has 64 valence electrons. The van der Waals surface area contributed by atoms with Crippen LogP contribution < -0.4 is 0 Å². The van der Waals surface area contributed by atoms with Gasteiger partial charge in [0.1, 0.15) is 5.82 Å². The van der Waals surface area contributed by atoms with Crippen LogP contribution in [0.15, 0.2) is 6.20 Å². The van der Waals surface area contributed by atoms with Crippen LogP contribution in [-0.4, -0.2) is 21.0 Å². The van der Waals surface area contributed by atoms with Gasteiger partial charge in [0.2, 0.25) is 0 Å². The van der Waals surface area contributed by atoms with Crippen molar-refractivity contribution in [1.29, 1.82) is 0 Å². The summed E-state index contributed by atoms with van der Waals surface area (Å²) in [4.78, 5) is 17.7. The van der Waals surface area contributed by atoms with Gasteiger partial charge in [-0.1, -0.05) is 0 Å². The number of aromatic nitrogens is 2. The summed E-state index contributed by atoms with van der Waals surface area (Å²) in [5, 5.41) is 8.65. The van der Waals surface area contributed by atoms with E-state index in [9.17, 15) is 4.79 Å². The molecule has 2 atom stereocenters. The third-order valence-corrected chi connectivity index (χ3v) is 2.18. The first-order chi connectivity index (χ1) is 5.68. The van der Waals surface area contributed by atoms with E-state index in [2.05, 4.69) is 9.97 Å². The Bertz CT molecular complexity index is 319. The maximum Gasteiger partial charge on any atom is 0.307 e. The third kappa shape index (κ3) is 1.09. The van der Waals surface area contributed by atoms with Gasteiger partial charge < -0.3 is 10.1 Å². The van der Waals surface area contributed by atoms with Crippen molar-refractivity contribution in [3.8, 4) is 0 Å². The van der Waals surface area contributed by atoms with Crippen molar-refractivity contribution in [3.63, 3.8) is 0 Å². The number of hydrogen-bond acceptors (Lipinski definition) is 2. The Balaban J connectivity index is 2.10. The zero-order valence-corrected chi connectivity index (χ0v) is 6.74. The Hall–Kier alpha value is -1.32. The van der Waals surface area contributed by atoms with Crippen molar-refractivity contribution < 1.29 is 9.90 Å². The number of carbonyl (C=O) groups is 1. The molecule has 0 saturated heterocycles. The summed E-state index contributed by atoms with van der Waals surface area (Å²) in [6, 6.07) is 0. The van der Waals surface area contributed by atoms with Crippen LogP contribution in [-0.2, 0) is 4.79 Å². The molecule has 2 unspecified atom stereocenters. The summed E-state index contributed by atoms with van der Waals surface area (Å²) in [6.07, 6.45) is 2.45. The topological polar surface area (TPSA) is 66.0 Å². The fourth-order valence-corrected chi connectivity index (χ4v) is 1.39. The molecule has 0 aromatic carbocycles. The fourth-order valence-electron chi connectivity index (χ4n) is 1.39. The Morgan fingerprint density at radius 2 is 2.58 bits per heavy atom. The summed E-state index contributed by atoms with van der Waals surface area (Å²) >= 11 is 0. The number of imidazole rings is 1. The molecule has 1 aromatic rings. The lowest BCUT2D eigenvalue weighted by Gasteiger charge is -1.89. The van der Waals surface area contributed by atoms with Gasteiger partial charge in [0.05, 0.1) is 5.92 Å². The van der Waals surface area contributed by atoms with Crippen molar-refractivity contribution in [2.45, 2.75) is 19.3 Å². The summed E-state index contributed by atoms with van der Waals surface area (Å²) < 4.78 is 0. The minimum absolute atomic E-state index is 0.121. The first-order valence-electron chi connectivity index (χ1n) is 3.93. The van der Waals surface area contributed by atoms with Gasteiger partial charge in [0.25, 0.3) is 0 Å². The molecule has 1 aliphatic rings. The van der Waals surface area contributed by atoms with Gasteiger partial charge >= 0.3 is 5.97 Å². The molecular formula is C8H10N2O2. The van der Waals surface area contributed by atoms with E-state index in [4.69, 9.17) is 5.11 Å². The van der Waals surface area contributed by atoms with Gasteiger partial charge in [-0.3, -0.25) is 4.79 Å². The number of aliphatic carboxylic acids is 1. The molecule has 2 N–H and O–H groups in total. The molecule has 0 bridgehead atoms. The summed E-state index contributed by atoms with van der Waals surface area (Å²) in [6.45, 7) is 1.91. The lowest BCUT2D eigenvalue weighted by atomic mass is 10.3. The van der Waals surface area contributed by atoms with Crippen molar-refractivity contribution >= 4 is 5.97 Å². The molecule has 4 heteroatoms. The molecule has 0 amide bonds. The van der Waals surface area contributed by atoms with Crippen LogP contribution in [0.5, 0.6) is 0 Å². The minimum Gasteiger partial charge on any atom is -0.481 e. The number of rotatable bonds is 2. The van der Waals surface area contributed by atoms with E-state index in [1.807, 2.05) is 6.92 Å².